The van der Waals surface area contributed by atoms with Gasteiger partial charge < -0.3 is 14.3 Å². The lowest BCUT2D eigenvalue weighted by atomic mass is 10.0. The summed E-state index contributed by atoms with van der Waals surface area (Å²) in [5.74, 6) is 0.389. The first kappa shape index (κ1) is 17.5. The maximum Gasteiger partial charge on any atom is 0.289 e. The minimum absolute atomic E-state index is 0.0882. The molecule has 0 atom stereocenters. The number of piperazine rings is 1. The molecule has 4 rings (SSSR count). The molecule has 3 aromatic rings. The van der Waals surface area contributed by atoms with E-state index in [1.807, 2.05) is 18.3 Å². The van der Waals surface area contributed by atoms with Crippen LogP contribution in [0.4, 0.5) is 0 Å². The molecule has 0 saturated carbocycles. The summed E-state index contributed by atoms with van der Waals surface area (Å²) in [4.78, 5) is 32.3. The van der Waals surface area contributed by atoms with Crippen LogP contribution in [0.15, 0.2) is 47.2 Å². The zero-order valence-corrected chi connectivity index (χ0v) is 15.4. The lowest BCUT2D eigenvalue weighted by Gasteiger charge is -2.33. The number of aryl methyl sites for hydroxylation is 1. The molecule has 1 fully saturated rings. The monoisotopic (exact) mass is 365 g/mol. The summed E-state index contributed by atoms with van der Waals surface area (Å²) in [6.07, 6.45) is 4.26. The van der Waals surface area contributed by atoms with Gasteiger partial charge in [-0.15, -0.1) is 0 Å². The first-order valence-corrected chi connectivity index (χ1v) is 9.34. The van der Waals surface area contributed by atoms with Gasteiger partial charge in [0, 0.05) is 48.8 Å². The van der Waals surface area contributed by atoms with Crippen LogP contribution in [-0.2, 0) is 6.42 Å². The van der Waals surface area contributed by atoms with Gasteiger partial charge in [-0.25, -0.2) is 0 Å². The maximum atomic E-state index is 12.8. The fourth-order valence-corrected chi connectivity index (χ4v) is 3.70. The van der Waals surface area contributed by atoms with Gasteiger partial charge in [0.25, 0.3) is 5.91 Å². The molecule has 1 aliphatic rings. The topological polar surface area (TPSA) is 69.6 Å². The van der Waals surface area contributed by atoms with Gasteiger partial charge in [0.1, 0.15) is 0 Å². The quantitative estimate of drug-likeness (QED) is 0.706. The summed E-state index contributed by atoms with van der Waals surface area (Å²) in [7, 11) is 0. The van der Waals surface area contributed by atoms with Crippen molar-refractivity contribution in [2.75, 3.05) is 32.7 Å². The van der Waals surface area contributed by atoms with Gasteiger partial charge >= 0.3 is 0 Å². The van der Waals surface area contributed by atoms with Crippen LogP contribution in [-0.4, -0.2) is 59.2 Å². The van der Waals surface area contributed by atoms with Crippen LogP contribution in [0.1, 0.15) is 33.4 Å². The number of aromatic amines is 1. The summed E-state index contributed by atoms with van der Waals surface area (Å²) in [6, 6.07) is 9.48. The normalized spacial score (nSPS) is 15.4. The number of carbonyl (C=O) groups excluding carboxylic acids is 2. The van der Waals surface area contributed by atoms with Gasteiger partial charge in [0.15, 0.2) is 11.5 Å². The third kappa shape index (κ3) is 3.40. The molecule has 1 aliphatic heterocycles. The van der Waals surface area contributed by atoms with E-state index in [0.717, 1.165) is 22.9 Å². The SMILES string of the molecule is CCc1cccc2c(C(=O)CN3CCN(C(=O)c4ccco4)CC3)c[nH]c12. The maximum absolute atomic E-state index is 12.8. The molecule has 0 unspecified atom stereocenters. The van der Waals surface area contributed by atoms with Crippen LogP contribution in [0.5, 0.6) is 0 Å². The molecule has 0 aliphatic carbocycles. The van der Waals surface area contributed by atoms with Crippen LogP contribution in [0, 0.1) is 0 Å². The summed E-state index contributed by atoms with van der Waals surface area (Å²) in [6.45, 7) is 5.04. The highest BCUT2D eigenvalue weighted by Gasteiger charge is 2.25. The van der Waals surface area contributed by atoms with Crippen molar-refractivity contribution in [3.8, 4) is 0 Å². The number of furan rings is 1. The third-order valence-electron chi connectivity index (χ3n) is 5.24. The van der Waals surface area contributed by atoms with E-state index in [2.05, 4.69) is 22.9 Å². The smallest absolute Gasteiger partial charge is 0.289 e. The zero-order valence-electron chi connectivity index (χ0n) is 15.4. The molecule has 2 aromatic heterocycles. The number of rotatable bonds is 5. The van der Waals surface area contributed by atoms with Crippen molar-refractivity contribution in [1.82, 2.24) is 14.8 Å². The predicted molar refractivity (Wildman–Crippen MR) is 103 cm³/mol. The largest absolute Gasteiger partial charge is 0.459 e. The average Bonchev–Trinajstić information content (AvgIpc) is 3.37. The number of nitrogens with zero attached hydrogens (tertiary/aromatic N) is 2. The van der Waals surface area contributed by atoms with Crippen molar-refractivity contribution in [1.29, 1.82) is 0 Å². The number of hydrogen-bond donors (Lipinski definition) is 1. The summed E-state index contributed by atoms with van der Waals surface area (Å²) < 4.78 is 5.19. The van der Waals surface area contributed by atoms with Crippen molar-refractivity contribution >= 4 is 22.6 Å². The molecule has 1 saturated heterocycles. The summed E-state index contributed by atoms with van der Waals surface area (Å²) >= 11 is 0. The van der Waals surface area contributed by atoms with Gasteiger partial charge in [-0.2, -0.15) is 0 Å². The number of carbonyl (C=O) groups is 2. The minimum atomic E-state index is -0.0882. The van der Waals surface area contributed by atoms with E-state index in [0.29, 0.717) is 38.5 Å². The lowest BCUT2D eigenvalue weighted by molar-refractivity contribution is 0.0596. The number of Topliss-reactive ketones (excluding diaryl/α,β-unsaturated/α-hetero) is 1. The van der Waals surface area contributed by atoms with E-state index < -0.39 is 0 Å². The Labute approximate surface area is 157 Å². The Bertz CT molecular complexity index is 950. The summed E-state index contributed by atoms with van der Waals surface area (Å²) in [5.41, 5.74) is 3.02. The van der Waals surface area contributed by atoms with Crippen LogP contribution in [0.25, 0.3) is 10.9 Å². The van der Waals surface area contributed by atoms with Gasteiger partial charge in [-0.05, 0) is 24.1 Å². The first-order chi connectivity index (χ1) is 13.2. The Kier molecular flexibility index (Phi) is 4.81. The van der Waals surface area contributed by atoms with Crippen molar-refractivity contribution in [2.45, 2.75) is 13.3 Å². The highest BCUT2D eigenvalue weighted by molar-refractivity contribution is 6.09. The Morgan fingerprint density at radius 1 is 1.11 bits per heavy atom. The Morgan fingerprint density at radius 3 is 2.63 bits per heavy atom. The number of aromatic nitrogens is 1. The van der Waals surface area contributed by atoms with Gasteiger partial charge in [-0.3, -0.25) is 14.5 Å². The molecule has 1 amide bonds. The van der Waals surface area contributed by atoms with E-state index in [-0.39, 0.29) is 11.7 Å². The molecule has 0 radical (unpaired) electrons. The van der Waals surface area contributed by atoms with E-state index in [4.69, 9.17) is 4.42 Å². The van der Waals surface area contributed by atoms with Crippen molar-refractivity contribution < 1.29 is 14.0 Å². The minimum Gasteiger partial charge on any atom is -0.459 e. The lowest BCUT2D eigenvalue weighted by Crippen LogP contribution is -2.49. The predicted octanol–water partition coefficient (Wildman–Crippen LogP) is 2.96. The van der Waals surface area contributed by atoms with Gasteiger partial charge in [-0.1, -0.05) is 25.1 Å². The molecule has 6 nitrogen and oxygen atoms in total. The standard InChI is InChI=1S/C21H23N3O3/c1-2-15-5-3-6-16-17(13-22-20(15)16)18(25)14-23-8-10-24(11-9-23)21(26)19-7-4-12-27-19/h3-7,12-13,22H,2,8-11,14H2,1H3. The number of hydrogen-bond acceptors (Lipinski definition) is 4. The molecule has 3 heterocycles. The van der Waals surface area contributed by atoms with E-state index >= 15 is 0 Å². The zero-order chi connectivity index (χ0) is 18.8. The molecular formula is C21H23N3O3. The second-order valence-electron chi connectivity index (χ2n) is 6.86. The fraction of sp³-hybridized carbons (Fsp3) is 0.333. The number of fused-ring (bicyclic) bond motifs is 1. The summed E-state index contributed by atoms with van der Waals surface area (Å²) in [5, 5.41) is 0.992. The Balaban J connectivity index is 1.39. The van der Waals surface area contributed by atoms with E-state index in [9.17, 15) is 9.59 Å². The van der Waals surface area contributed by atoms with Gasteiger partial charge in [0.2, 0.25) is 0 Å². The number of H-pyrrole nitrogens is 1. The van der Waals surface area contributed by atoms with E-state index in [1.54, 1.807) is 17.0 Å². The highest BCUT2D eigenvalue weighted by atomic mass is 16.3. The van der Waals surface area contributed by atoms with Crippen molar-refractivity contribution in [3.05, 3.63) is 59.7 Å². The molecule has 1 aromatic carbocycles. The molecule has 1 N–H and O–H groups in total. The van der Waals surface area contributed by atoms with Gasteiger partial charge in [0.05, 0.1) is 12.8 Å². The number of ketones is 1. The fourth-order valence-electron chi connectivity index (χ4n) is 3.70. The van der Waals surface area contributed by atoms with Crippen molar-refractivity contribution in [2.24, 2.45) is 0 Å². The number of amides is 1. The average molecular weight is 365 g/mol. The van der Waals surface area contributed by atoms with Crippen LogP contribution >= 0.6 is 0 Å². The Hall–Kier alpha value is -2.86. The van der Waals surface area contributed by atoms with Crippen LogP contribution in [0.3, 0.4) is 0 Å². The molecule has 6 heteroatoms. The molecular weight excluding hydrogens is 342 g/mol. The number of para-hydroxylation sites is 1. The molecule has 0 bridgehead atoms. The first-order valence-electron chi connectivity index (χ1n) is 9.34. The number of nitrogens with one attached hydrogen (secondary N) is 1. The van der Waals surface area contributed by atoms with Crippen molar-refractivity contribution in [3.63, 3.8) is 0 Å². The second-order valence-corrected chi connectivity index (χ2v) is 6.86. The Morgan fingerprint density at radius 2 is 1.93 bits per heavy atom. The highest BCUT2D eigenvalue weighted by Crippen LogP contribution is 2.23. The molecule has 27 heavy (non-hydrogen) atoms. The van der Waals surface area contributed by atoms with E-state index in [1.165, 1.54) is 11.8 Å². The molecule has 0 spiro atoms. The number of benzene rings is 1. The van der Waals surface area contributed by atoms with Crippen LogP contribution < -0.4 is 0 Å². The molecule has 140 valence electrons. The third-order valence-corrected chi connectivity index (χ3v) is 5.24. The van der Waals surface area contributed by atoms with Crippen LogP contribution in [0.2, 0.25) is 0 Å². The second kappa shape index (κ2) is 7.40.